The van der Waals surface area contributed by atoms with Crippen molar-refractivity contribution in [2.75, 3.05) is 0 Å². The largest absolute Gasteiger partial charge is 0.411 e. The fourth-order valence-electron chi connectivity index (χ4n) is 0.959. The number of rotatable bonds is 2. The minimum atomic E-state index is -0.874. The number of hydrogen-bond donors (Lipinski definition) is 2. The number of carbonyl (C=O) groups excluding carboxylic acids is 1. The summed E-state index contributed by atoms with van der Waals surface area (Å²) in [4.78, 5) is 10.4. The number of oxime groups is 1. The van der Waals surface area contributed by atoms with Crippen LogP contribution in [0.2, 0.25) is 0 Å². The van der Waals surface area contributed by atoms with Gasteiger partial charge in [0.05, 0.1) is 5.71 Å². The van der Waals surface area contributed by atoms with Crippen molar-refractivity contribution in [3.63, 3.8) is 0 Å². The van der Waals surface area contributed by atoms with E-state index in [1.54, 1.807) is 31.2 Å². The number of benzene rings is 1. The van der Waals surface area contributed by atoms with E-state index in [-0.39, 0.29) is 0 Å². The first-order valence-corrected chi connectivity index (χ1v) is 3.90. The van der Waals surface area contributed by atoms with E-state index in [0.717, 1.165) is 0 Å². The van der Waals surface area contributed by atoms with Crippen LogP contribution in [0.5, 0.6) is 5.75 Å². The smallest absolute Gasteiger partial charge is 0.409 e. The van der Waals surface area contributed by atoms with Gasteiger partial charge in [-0.2, -0.15) is 0 Å². The Balaban J connectivity index is 2.95. The maximum atomic E-state index is 10.4. The lowest BCUT2D eigenvalue weighted by Gasteiger charge is -2.02. The molecule has 1 amide bonds. The van der Waals surface area contributed by atoms with Crippen LogP contribution in [0.15, 0.2) is 29.4 Å². The molecule has 0 heterocycles. The van der Waals surface area contributed by atoms with Crippen LogP contribution in [0.1, 0.15) is 12.5 Å². The fourth-order valence-corrected chi connectivity index (χ4v) is 0.959. The Morgan fingerprint density at radius 3 is 2.86 bits per heavy atom. The van der Waals surface area contributed by atoms with Gasteiger partial charge in [-0.1, -0.05) is 17.3 Å². The molecule has 0 saturated carbocycles. The van der Waals surface area contributed by atoms with Crippen molar-refractivity contribution in [2.45, 2.75) is 6.92 Å². The van der Waals surface area contributed by atoms with E-state index in [0.29, 0.717) is 17.0 Å². The van der Waals surface area contributed by atoms with Crippen molar-refractivity contribution in [1.29, 1.82) is 0 Å². The summed E-state index contributed by atoms with van der Waals surface area (Å²) in [5, 5.41) is 11.5. The van der Waals surface area contributed by atoms with Gasteiger partial charge >= 0.3 is 6.09 Å². The van der Waals surface area contributed by atoms with Crippen molar-refractivity contribution >= 4 is 11.8 Å². The Kier molecular flexibility index (Phi) is 3.06. The number of hydrogen-bond acceptors (Lipinski definition) is 4. The summed E-state index contributed by atoms with van der Waals surface area (Å²) in [6.45, 7) is 1.63. The molecule has 1 aromatic carbocycles. The zero-order valence-corrected chi connectivity index (χ0v) is 7.60. The van der Waals surface area contributed by atoms with E-state index in [9.17, 15) is 4.79 Å². The predicted molar refractivity (Wildman–Crippen MR) is 50.7 cm³/mol. The summed E-state index contributed by atoms with van der Waals surface area (Å²) in [7, 11) is 0. The Morgan fingerprint density at radius 1 is 1.57 bits per heavy atom. The van der Waals surface area contributed by atoms with Gasteiger partial charge in [0, 0.05) is 5.56 Å². The van der Waals surface area contributed by atoms with E-state index in [1.807, 2.05) is 0 Å². The minimum Gasteiger partial charge on any atom is -0.411 e. The highest BCUT2D eigenvalue weighted by molar-refractivity contribution is 5.98. The van der Waals surface area contributed by atoms with Crippen LogP contribution in [-0.4, -0.2) is 17.0 Å². The van der Waals surface area contributed by atoms with Gasteiger partial charge in [-0.15, -0.1) is 0 Å². The van der Waals surface area contributed by atoms with Crippen molar-refractivity contribution in [3.05, 3.63) is 29.8 Å². The third kappa shape index (κ3) is 2.48. The van der Waals surface area contributed by atoms with Crippen LogP contribution in [0, 0.1) is 0 Å². The van der Waals surface area contributed by atoms with Crippen molar-refractivity contribution in [3.8, 4) is 5.75 Å². The molecule has 0 aromatic heterocycles. The zero-order valence-electron chi connectivity index (χ0n) is 7.60. The molecule has 0 atom stereocenters. The number of primary amides is 1. The third-order valence-electron chi connectivity index (χ3n) is 1.62. The molecule has 0 radical (unpaired) electrons. The Bertz CT molecular complexity index is 374. The van der Waals surface area contributed by atoms with Gasteiger partial charge in [0.2, 0.25) is 0 Å². The van der Waals surface area contributed by atoms with Gasteiger partial charge in [0.1, 0.15) is 5.75 Å². The second-order valence-corrected chi connectivity index (χ2v) is 2.63. The maximum absolute atomic E-state index is 10.4. The maximum Gasteiger partial charge on any atom is 0.409 e. The summed E-state index contributed by atoms with van der Waals surface area (Å²) >= 11 is 0. The highest BCUT2D eigenvalue weighted by Gasteiger charge is 2.02. The van der Waals surface area contributed by atoms with Gasteiger partial charge in [0.25, 0.3) is 0 Å². The van der Waals surface area contributed by atoms with E-state index in [1.165, 1.54) is 0 Å². The lowest BCUT2D eigenvalue weighted by atomic mass is 10.1. The molecule has 74 valence electrons. The normalized spacial score (nSPS) is 11.1. The molecule has 1 rings (SSSR count). The van der Waals surface area contributed by atoms with Crippen LogP contribution in [0.4, 0.5) is 4.79 Å². The summed E-state index contributed by atoms with van der Waals surface area (Å²) in [6, 6.07) is 6.53. The molecule has 14 heavy (non-hydrogen) atoms. The van der Waals surface area contributed by atoms with E-state index in [4.69, 9.17) is 10.9 Å². The van der Waals surface area contributed by atoms with E-state index < -0.39 is 6.09 Å². The molecule has 1 aromatic rings. The molecule has 5 nitrogen and oxygen atoms in total. The van der Waals surface area contributed by atoms with Crippen LogP contribution in [0.25, 0.3) is 0 Å². The molecule has 0 aliphatic carbocycles. The van der Waals surface area contributed by atoms with Crippen LogP contribution in [-0.2, 0) is 0 Å². The first-order valence-electron chi connectivity index (χ1n) is 3.90. The monoisotopic (exact) mass is 194 g/mol. The standard InChI is InChI=1S/C9H10N2O3/c1-6(11-13)7-3-2-4-8(5-7)14-9(10)12/h2-5,13H,1H3,(H2,10,12). The molecule has 3 N–H and O–H groups in total. The average molecular weight is 194 g/mol. The third-order valence-corrected chi connectivity index (χ3v) is 1.62. The highest BCUT2D eigenvalue weighted by Crippen LogP contribution is 2.13. The highest BCUT2D eigenvalue weighted by atomic mass is 16.5. The molecule has 0 fully saturated rings. The molecule has 0 spiro atoms. The number of amides is 1. The minimum absolute atomic E-state index is 0.318. The van der Waals surface area contributed by atoms with Gasteiger partial charge in [-0.3, -0.25) is 0 Å². The van der Waals surface area contributed by atoms with Crippen LogP contribution < -0.4 is 10.5 Å². The second kappa shape index (κ2) is 4.27. The van der Waals surface area contributed by atoms with Gasteiger partial charge in [-0.05, 0) is 19.1 Å². The van der Waals surface area contributed by atoms with Gasteiger partial charge < -0.3 is 15.7 Å². The number of carbonyl (C=O) groups is 1. The van der Waals surface area contributed by atoms with E-state index >= 15 is 0 Å². The summed E-state index contributed by atoms with van der Waals surface area (Å²) < 4.78 is 4.65. The van der Waals surface area contributed by atoms with Gasteiger partial charge in [-0.25, -0.2) is 4.79 Å². The molecular weight excluding hydrogens is 184 g/mol. The average Bonchev–Trinajstić information content (AvgIpc) is 2.16. The summed E-state index contributed by atoms with van der Waals surface area (Å²) in [5.41, 5.74) is 5.93. The number of ether oxygens (including phenoxy) is 1. The zero-order chi connectivity index (χ0) is 10.6. The van der Waals surface area contributed by atoms with Crippen LogP contribution >= 0.6 is 0 Å². The van der Waals surface area contributed by atoms with Crippen molar-refractivity contribution < 1.29 is 14.7 Å². The summed E-state index contributed by atoms with van der Waals surface area (Å²) in [5.74, 6) is 0.318. The fraction of sp³-hybridized carbons (Fsp3) is 0.111. The van der Waals surface area contributed by atoms with Crippen molar-refractivity contribution in [2.24, 2.45) is 10.9 Å². The molecule has 0 bridgehead atoms. The van der Waals surface area contributed by atoms with Gasteiger partial charge in [0.15, 0.2) is 0 Å². The lowest BCUT2D eigenvalue weighted by molar-refractivity contribution is 0.211. The number of nitrogens with two attached hydrogens (primary N) is 1. The summed E-state index contributed by atoms with van der Waals surface area (Å²) in [6.07, 6.45) is -0.874. The molecule has 0 unspecified atom stereocenters. The Morgan fingerprint density at radius 2 is 2.29 bits per heavy atom. The molecular formula is C9H10N2O3. The Hall–Kier alpha value is -2.04. The molecule has 5 heteroatoms. The quantitative estimate of drug-likeness (QED) is 0.423. The molecule has 0 aliphatic rings. The Labute approximate surface area is 80.8 Å². The molecule has 0 aliphatic heterocycles. The predicted octanol–water partition coefficient (Wildman–Crippen LogP) is 1.34. The first-order chi connectivity index (χ1) is 6.63. The topological polar surface area (TPSA) is 84.9 Å². The van der Waals surface area contributed by atoms with Crippen molar-refractivity contribution in [1.82, 2.24) is 0 Å². The SMILES string of the molecule is CC(=NO)c1cccc(OC(N)=O)c1. The van der Waals surface area contributed by atoms with Crippen LogP contribution in [0.3, 0.4) is 0 Å². The first kappa shape index (κ1) is 10.0. The second-order valence-electron chi connectivity index (χ2n) is 2.63. The molecule has 0 saturated heterocycles. The number of nitrogens with zero attached hydrogens (tertiary/aromatic N) is 1. The van der Waals surface area contributed by atoms with E-state index in [2.05, 4.69) is 9.89 Å². The lowest BCUT2D eigenvalue weighted by Crippen LogP contribution is -2.16.